The Morgan fingerprint density at radius 3 is 1.77 bits per heavy atom. The van der Waals surface area contributed by atoms with E-state index in [-0.39, 0.29) is 34.3 Å². The van der Waals surface area contributed by atoms with Crippen molar-refractivity contribution < 1.29 is 43.2 Å². The fraction of sp³-hybridized carbons (Fsp3) is 0.162. The number of nitrogen functional groups attached to an aromatic ring is 3. The molecule has 316 valence electrons. The van der Waals surface area contributed by atoms with Crippen molar-refractivity contribution in [2.24, 2.45) is 5.84 Å². The highest BCUT2D eigenvalue weighted by molar-refractivity contribution is 9.10. The Hall–Kier alpha value is -5.75. The number of carbonyl (C=O) groups is 3. The van der Waals surface area contributed by atoms with Crippen LogP contribution in [0.2, 0.25) is 0 Å². The summed E-state index contributed by atoms with van der Waals surface area (Å²) in [5, 5.41) is 26.9. The Morgan fingerprint density at radius 1 is 0.717 bits per heavy atom. The van der Waals surface area contributed by atoms with Gasteiger partial charge in [-0.3, -0.25) is 10.2 Å². The second kappa shape index (κ2) is 23.7. The van der Waals surface area contributed by atoms with Crippen LogP contribution in [0, 0.1) is 6.92 Å². The summed E-state index contributed by atoms with van der Waals surface area (Å²) in [5.41, 5.74) is 17.5. The number of alkyl halides is 2. The number of rotatable bonds is 10. The molecule has 0 unspecified atom stereocenters. The molecule has 9 N–H and O–H groups in total. The van der Waals surface area contributed by atoms with Crippen molar-refractivity contribution in [1.82, 2.24) is 35.6 Å². The summed E-state index contributed by atoms with van der Waals surface area (Å²) in [6, 6.07) is 15.7. The molecular formula is C37H36Br4N10O9. The zero-order chi connectivity index (χ0) is 44.5. The van der Waals surface area contributed by atoms with Crippen molar-refractivity contribution in [2.45, 2.75) is 17.6 Å². The van der Waals surface area contributed by atoms with E-state index >= 15 is 0 Å². The largest absolute Gasteiger partial charge is 0.496 e. The number of hydrogen-bond donors (Lipinski definition) is 6. The number of methoxy groups -OCH3 is 3. The lowest BCUT2D eigenvalue weighted by molar-refractivity contribution is 0.0682. The molecule has 3 aromatic heterocycles. The second-order valence-electron chi connectivity index (χ2n) is 11.4. The van der Waals surface area contributed by atoms with Gasteiger partial charge < -0.3 is 40.3 Å². The van der Waals surface area contributed by atoms with E-state index in [9.17, 15) is 14.4 Å². The number of benzene rings is 3. The van der Waals surface area contributed by atoms with Crippen LogP contribution in [-0.2, 0) is 10.7 Å². The van der Waals surface area contributed by atoms with Crippen LogP contribution in [0.25, 0.3) is 23.0 Å². The number of anilines is 2. The molecule has 3 aromatic carbocycles. The van der Waals surface area contributed by atoms with Crippen molar-refractivity contribution in [3.8, 4) is 40.3 Å². The normalized spacial score (nSPS) is 10.0. The number of nitrogens with two attached hydrogens (primary N) is 3. The van der Waals surface area contributed by atoms with Gasteiger partial charge >= 0.3 is 11.9 Å². The first-order valence-electron chi connectivity index (χ1n) is 16.6. The molecule has 0 fully saturated rings. The van der Waals surface area contributed by atoms with E-state index in [0.29, 0.717) is 48.9 Å². The number of nitrogens with zero attached hydrogens (tertiary/aromatic N) is 6. The van der Waals surface area contributed by atoms with E-state index in [2.05, 4.69) is 93.9 Å². The Kier molecular flexibility index (Phi) is 19.2. The van der Waals surface area contributed by atoms with E-state index in [1.165, 1.54) is 38.7 Å². The lowest BCUT2D eigenvalue weighted by atomic mass is 10.1. The van der Waals surface area contributed by atoms with Gasteiger partial charge in [-0.15, -0.1) is 10.2 Å². The van der Waals surface area contributed by atoms with E-state index < -0.39 is 17.8 Å². The van der Waals surface area contributed by atoms with Crippen LogP contribution in [0.1, 0.15) is 47.9 Å². The second-order valence-corrected chi connectivity index (χ2v) is 14.1. The lowest BCUT2D eigenvalue weighted by Crippen LogP contribution is -2.31. The van der Waals surface area contributed by atoms with Gasteiger partial charge in [-0.2, -0.15) is 0 Å². The molecule has 0 saturated heterocycles. The maximum Gasteiger partial charge on any atom is 0.339 e. The average molecular weight is 1080 g/mol. The predicted molar refractivity (Wildman–Crippen MR) is 235 cm³/mol. The molecule has 0 aliphatic heterocycles. The summed E-state index contributed by atoms with van der Waals surface area (Å²) in [6.07, 6.45) is 2.89. The van der Waals surface area contributed by atoms with Crippen LogP contribution >= 0.6 is 63.7 Å². The molecule has 0 aliphatic rings. The molecule has 6 rings (SSSR count). The van der Waals surface area contributed by atoms with E-state index in [1.54, 1.807) is 31.4 Å². The molecule has 1 amide bonds. The van der Waals surface area contributed by atoms with Crippen molar-refractivity contribution in [1.29, 1.82) is 0 Å². The van der Waals surface area contributed by atoms with Crippen LogP contribution in [0.4, 0.5) is 11.6 Å². The smallest absolute Gasteiger partial charge is 0.339 e. The third-order valence-corrected chi connectivity index (χ3v) is 9.46. The summed E-state index contributed by atoms with van der Waals surface area (Å²) in [7, 11) is 4.51. The van der Waals surface area contributed by atoms with Gasteiger partial charge in [0.25, 0.3) is 17.7 Å². The first-order valence-corrected chi connectivity index (χ1v) is 20.4. The molecule has 0 aliphatic carbocycles. The van der Waals surface area contributed by atoms with Gasteiger partial charge in [0.1, 0.15) is 37.6 Å². The predicted octanol–water partition coefficient (Wildman–Crippen LogP) is 6.86. The number of halogens is 4. The number of nitrogens with one attached hydrogen (secondary N) is 1. The van der Waals surface area contributed by atoms with Crippen LogP contribution in [0.5, 0.6) is 17.2 Å². The molecule has 0 saturated carbocycles. The maximum absolute atomic E-state index is 10.9. The van der Waals surface area contributed by atoms with Crippen LogP contribution in [0.3, 0.4) is 0 Å². The molecular weight excluding hydrogens is 1050 g/mol. The van der Waals surface area contributed by atoms with E-state index in [4.69, 9.17) is 46.2 Å². The fourth-order valence-electron chi connectivity index (χ4n) is 4.54. The molecule has 23 heteroatoms. The monoisotopic (exact) mass is 1080 g/mol. The van der Waals surface area contributed by atoms with Gasteiger partial charge in [-0.25, -0.2) is 35.4 Å². The lowest BCUT2D eigenvalue weighted by Gasteiger charge is -2.06. The van der Waals surface area contributed by atoms with Gasteiger partial charge in [0, 0.05) is 10.7 Å². The highest BCUT2D eigenvalue weighted by Gasteiger charge is 2.19. The zero-order valence-corrected chi connectivity index (χ0v) is 38.3. The fourth-order valence-corrected chi connectivity index (χ4v) is 5.80. The molecule has 3 heterocycles. The summed E-state index contributed by atoms with van der Waals surface area (Å²) in [6.45, 7) is 1.88. The van der Waals surface area contributed by atoms with E-state index in [0.717, 1.165) is 22.0 Å². The third kappa shape index (κ3) is 13.7. The van der Waals surface area contributed by atoms with Crippen LogP contribution < -0.4 is 36.9 Å². The van der Waals surface area contributed by atoms with Gasteiger partial charge in [0.15, 0.2) is 23.0 Å². The number of hydrazine groups is 1. The summed E-state index contributed by atoms with van der Waals surface area (Å²) < 4.78 is 21.9. The first-order chi connectivity index (χ1) is 28.6. The SMILES string of the molecule is COc1cc(C)ccc1C(=O)O.COc1cc(CBr)ccc1-c1nnc(-c2nc(Br)cnc2N)o1.COc1cc(CBr)ccc1C(=O)O.NNC(=O)c1nc(Br)cnc1N. The number of hydrogen-bond acceptors (Lipinski definition) is 16. The van der Waals surface area contributed by atoms with Crippen molar-refractivity contribution >= 4 is 93.2 Å². The summed E-state index contributed by atoms with van der Waals surface area (Å²) in [4.78, 5) is 47.9. The molecule has 19 nitrogen and oxygen atoms in total. The quantitative estimate of drug-likeness (QED) is 0.0353. The Balaban J connectivity index is 0.000000225. The highest BCUT2D eigenvalue weighted by Crippen LogP contribution is 2.33. The first kappa shape index (κ1) is 48.6. The standard InChI is InChI=1S/C14H11Br2N5O2.C9H9BrO3.C9H10O3.C5H6BrN5O/c1-22-9-4-7(5-15)2-3-8(9)13-20-21-14(23-13)11-12(17)18-6-10(16)19-11;1-13-8-4-6(5-10)2-3-7(8)9(11)12;1-6-3-4-7(9(10)11)8(5-6)12-2;6-2-1-9-4(7)3(10-2)5(12)11-8/h2-4,6H,5H2,1H3,(H2,17,18);2-4H,5H2,1H3,(H,11,12);3-5H,1-2H3,(H,10,11);1H,8H2,(H2,7,9)(H,11,12). The minimum Gasteiger partial charge on any atom is -0.496 e. The molecule has 0 radical (unpaired) electrons. The van der Waals surface area contributed by atoms with E-state index in [1.807, 2.05) is 30.5 Å². The number of carbonyl (C=O) groups excluding carboxylic acids is 1. The average Bonchev–Trinajstić information content (AvgIpc) is 3.75. The Morgan fingerprint density at radius 2 is 1.22 bits per heavy atom. The molecule has 0 spiro atoms. The molecule has 6 aromatic rings. The van der Waals surface area contributed by atoms with Crippen molar-refractivity contribution in [3.05, 3.63) is 110 Å². The van der Waals surface area contributed by atoms with Crippen molar-refractivity contribution in [3.63, 3.8) is 0 Å². The van der Waals surface area contributed by atoms with Gasteiger partial charge in [0.2, 0.25) is 0 Å². The highest BCUT2D eigenvalue weighted by atomic mass is 79.9. The molecule has 0 bridgehead atoms. The summed E-state index contributed by atoms with van der Waals surface area (Å²) >= 11 is 13.0. The van der Waals surface area contributed by atoms with Crippen LogP contribution in [-0.4, -0.2) is 79.5 Å². The van der Waals surface area contributed by atoms with Gasteiger partial charge in [-0.05, 0) is 91.9 Å². The number of aromatic nitrogens is 6. The topological polar surface area (TPSA) is 300 Å². The van der Waals surface area contributed by atoms with Gasteiger partial charge in [-0.1, -0.05) is 50.1 Å². The molecule has 60 heavy (non-hydrogen) atoms. The van der Waals surface area contributed by atoms with Crippen molar-refractivity contribution in [2.75, 3.05) is 32.8 Å². The number of aromatic carboxylic acids is 2. The minimum atomic E-state index is -0.974. The number of aryl methyl sites for hydroxylation is 1. The summed E-state index contributed by atoms with van der Waals surface area (Å²) in [5.74, 6) is 4.59. The third-order valence-electron chi connectivity index (χ3n) is 7.41. The maximum atomic E-state index is 10.9. The number of carboxylic acids is 2. The number of carboxylic acid groups (broad SMARTS) is 2. The number of ether oxygens (including phenoxy) is 3. The Bertz CT molecular complexity index is 2440. The Labute approximate surface area is 376 Å². The number of amides is 1. The van der Waals surface area contributed by atoms with Gasteiger partial charge in [0.05, 0.1) is 39.3 Å². The molecule has 0 atom stereocenters. The van der Waals surface area contributed by atoms with Crippen LogP contribution in [0.15, 0.2) is 80.6 Å². The zero-order valence-electron chi connectivity index (χ0n) is 31.9. The minimum absolute atomic E-state index is 0.00637.